The Hall–Kier alpha value is -3.50. The standard InChI is InChI=1S/C30H39N5O5/c1-19-13-25(30(38-6)9-12-39-18-30)33-27(14-19)35-17-23(22-16-31-26(15-24(22)35)32-20(2)36)21-7-10-34(11-8-21)28(37)40-29(3,4)5/h13-17,21H,7-12,18H2,1-6H3,(H,31,32,36)/t30-/m0/s1. The molecule has 0 spiro atoms. The third-order valence-corrected chi connectivity index (χ3v) is 7.66. The zero-order chi connectivity index (χ0) is 28.7. The van der Waals surface area contributed by atoms with E-state index in [-0.39, 0.29) is 17.9 Å². The van der Waals surface area contributed by atoms with Crippen LogP contribution in [0.3, 0.4) is 0 Å². The number of carbonyl (C=O) groups excluding carboxylic acids is 2. The molecule has 0 aliphatic carbocycles. The van der Waals surface area contributed by atoms with E-state index in [0.717, 1.165) is 52.8 Å². The maximum absolute atomic E-state index is 12.6. The molecule has 2 fully saturated rings. The highest BCUT2D eigenvalue weighted by Crippen LogP contribution is 2.38. The van der Waals surface area contributed by atoms with E-state index in [1.54, 1.807) is 12.0 Å². The Bertz CT molecular complexity index is 1410. The van der Waals surface area contributed by atoms with Gasteiger partial charge in [-0.05, 0) is 69.7 Å². The normalized spacial score (nSPS) is 20.2. The van der Waals surface area contributed by atoms with Crippen molar-refractivity contribution >= 4 is 28.7 Å². The van der Waals surface area contributed by atoms with Gasteiger partial charge in [0.25, 0.3) is 0 Å². The van der Waals surface area contributed by atoms with Crippen LogP contribution in [0.1, 0.15) is 69.7 Å². The number of amides is 2. The minimum atomic E-state index is -0.579. The highest BCUT2D eigenvalue weighted by atomic mass is 16.6. The van der Waals surface area contributed by atoms with E-state index >= 15 is 0 Å². The van der Waals surface area contributed by atoms with E-state index < -0.39 is 11.2 Å². The first-order valence-electron chi connectivity index (χ1n) is 13.9. The van der Waals surface area contributed by atoms with Gasteiger partial charge in [-0.25, -0.2) is 14.8 Å². The molecule has 3 aromatic heterocycles. The van der Waals surface area contributed by atoms with Crippen molar-refractivity contribution in [1.29, 1.82) is 0 Å². The monoisotopic (exact) mass is 549 g/mol. The number of anilines is 1. The summed E-state index contributed by atoms with van der Waals surface area (Å²) in [7, 11) is 1.70. The van der Waals surface area contributed by atoms with Crippen LogP contribution in [0.25, 0.3) is 16.7 Å². The van der Waals surface area contributed by atoms with Gasteiger partial charge in [0.15, 0.2) is 0 Å². The number of rotatable bonds is 5. The molecule has 2 aliphatic heterocycles. The van der Waals surface area contributed by atoms with E-state index in [9.17, 15) is 9.59 Å². The van der Waals surface area contributed by atoms with E-state index in [4.69, 9.17) is 19.2 Å². The molecule has 2 saturated heterocycles. The van der Waals surface area contributed by atoms with E-state index in [0.29, 0.717) is 32.1 Å². The lowest BCUT2D eigenvalue weighted by Crippen LogP contribution is -2.41. The Morgan fingerprint density at radius 2 is 1.93 bits per heavy atom. The van der Waals surface area contributed by atoms with Gasteiger partial charge in [0.2, 0.25) is 5.91 Å². The first kappa shape index (κ1) is 28.0. The van der Waals surface area contributed by atoms with Gasteiger partial charge in [-0.3, -0.25) is 4.79 Å². The fraction of sp³-hybridized carbons (Fsp3) is 0.533. The van der Waals surface area contributed by atoms with E-state index in [2.05, 4.69) is 40.1 Å². The molecule has 0 unspecified atom stereocenters. The molecule has 10 heteroatoms. The maximum atomic E-state index is 12.6. The molecule has 5 heterocycles. The largest absolute Gasteiger partial charge is 0.444 e. The third kappa shape index (κ3) is 5.69. The number of piperidine rings is 1. The van der Waals surface area contributed by atoms with Gasteiger partial charge in [0.1, 0.15) is 22.8 Å². The summed E-state index contributed by atoms with van der Waals surface area (Å²) in [6.45, 7) is 11.5. The molecule has 3 aromatic rings. The van der Waals surface area contributed by atoms with Gasteiger partial charge < -0.3 is 29.0 Å². The lowest BCUT2D eigenvalue weighted by Gasteiger charge is -2.33. The molecule has 0 bridgehead atoms. The molecule has 0 aromatic carbocycles. The highest BCUT2D eigenvalue weighted by molar-refractivity contribution is 5.92. The minimum Gasteiger partial charge on any atom is -0.444 e. The van der Waals surface area contributed by atoms with Gasteiger partial charge in [-0.1, -0.05) is 0 Å². The zero-order valence-corrected chi connectivity index (χ0v) is 24.2. The second-order valence-corrected chi connectivity index (χ2v) is 11.9. The smallest absolute Gasteiger partial charge is 0.410 e. The number of ether oxygens (including phenoxy) is 3. The highest BCUT2D eigenvalue weighted by Gasteiger charge is 2.39. The van der Waals surface area contributed by atoms with Crippen LogP contribution in [0.4, 0.5) is 10.6 Å². The molecule has 40 heavy (non-hydrogen) atoms. The predicted molar refractivity (Wildman–Crippen MR) is 152 cm³/mol. The summed E-state index contributed by atoms with van der Waals surface area (Å²) in [5.74, 6) is 1.30. The molecule has 0 radical (unpaired) electrons. The van der Waals surface area contributed by atoms with Gasteiger partial charge in [0, 0.05) is 64.0 Å². The second-order valence-electron chi connectivity index (χ2n) is 11.9. The van der Waals surface area contributed by atoms with Crippen molar-refractivity contribution < 1.29 is 23.8 Å². The first-order chi connectivity index (χ1) is 19.0. The Morgan fingerprint density at radius 3 is 2.55 bits per heavy atom. The number of aryl methyl sites for hydroxylation is 1. The summed E-state index contributed by atoms with van der Waals surface area (Å²) in [6.07, 6.45) is 6.04. The zero-order valence-electron chi connectivity index (χ0n) is 24.2. The number of fused-ring (bicyclic) bond motifs is 1. The number of aromatic nitrogens is 3. The molecule has 10 nitrogen and oxygen atoms in total. The number of hydrogen-bond acceptors (Lipinski definition) is 7. The van der Waals surface area contributed by atoms with Crippen molar-refractivity contribution in [2.24, 2.45) is 0 Å². The fourth-order valence-electron chi connectivity index (χ4n) is 5.63. The molecular formula is C30H39N5O5. The summed E-state index contributed by atoms with van der Waals surface area (Å²) in [6, 6.07) is 6.00. The summed E-state index contributed by atoms with van der Waals surface area (Å²) in [5, 5.41) is 3.81. The lowest BCUT2D eigenvalue weighted by atomic mass is 9.89. The number of nitrogens with one attached hydrogen (secondary N) is 1. The van der Waals surface area contributed by atoms with Gasteiger partial charge >= 0.3 is 6.09 Å². The van der Waals surface area contributed by atoms with Crippen molar-refractivity contribution in [1.82, 2.24) is 19.4 Å². The molecule has 1 N–H and O–H groups in total. The number of nitrogens with zero attached hydrogens (tertiary/aromatic N) is 4. The van der Waals surface area contributed by atoms with Crippen LogP contribution in [0.5, 0.6) is 0 Å². The molecule has 0 saturated carbocycles. The van der Waals surface area contributed by atoms with Crippen molar-refractivity contribution in [3.8, 4) is 5.82 Å². The molecular weight excluding hydrogens is 510 g/mol. The molecule has 2 aliphatic rings. The number of likely N-dealkylation sites (tertiary alicyclic amines) is 1. The topological polar surface area (TPSA) is 108 Å². The van der Waals surface area contributed by atoms with Crippen LogP contribution >= 0.6 is 0 Å². The molecule has 5 rings (SSSR count). The predicted octanol–water partition coefficient (Wildman–Crippen LogP) is 5.06. The van der Waals surface area contributed by atoms with Crippen molar-refractivity contribution in [3.05, 3.63) is 47.4 Å². The summed E-state index contributed by atoms with van der Waals surface area (Å²) in [4.78, 5) is 35.8. The molecule has 214 valence electrons. The SMILES string of the molecule is CO[C@@]1(c2cc(C)cc(-n3cc(C4CCN(C(=O)OC(C)(C)C)CC4)c4cnc(NC(C)=O)cc43)n2)CCOC1. The third-order valence-electron chi connectivity index (χ3n) is 7.66. The number of methoxy groups -OCH3 is 1. The summed E-state index contributed by atoms with van der Waals surface area (Å²) < 4.78 is 19.3. The van der Waals surface area contributed by atoms with E-state index in [1.807, 2.05) is 33.0 Å². The Morgan fingerprint density at radius 1 is 1.18 bits per heavy atom. The Kier molecular flexibility index (Phi) is 7.58. The average Bonchev–Trinajstić information content (AvgIpc) is 3.53. The van der Waals surface area contributed by atoms with Crippen molar-refractivity contribution in [2.45, 2.75) is 71.0 Å². The van der Waals surface area contributed by atoms with Gasteiger partial charge in [0.05, 0.1) is 17.8 Å². The van der Waals surface area contributed by atoms with Gasteiger partial charge in [-0.2, -0.15) is 0 Å². The second kappa shape index (κ2) is 10.8. The Balaban J connectivity index is 1.53. The molecule has 2 amide bonds. The van der Waals surface area contributed by atoms with E-state index in [1.165, 1.54) is 6.92 Å². The van der Waals surface area contributed by atoms with Crippen LogP contribution in [0.2, 0.25) is 0 Å². The lowest BCUT2D eigenvalue weighted by molar-refractivity contribution is -0.114. The Labute approximate surface area is 235 Å². The van der Waals surface area contributed by atoms with Crippen molar-refractivity contribution in [2.75, 3.05) is 38.7 Å². The van der Waals surface area contributed by atoms with Gasteiger partial charge in [-0.15, -0.1) is 0 Å². The summed E-state index contributed by atoms with van der Waals surface area (Å²) >= 11 is 0. The maximum Gasteiger partial charge on any atom is 0.410 e. The first-order valence-corrected chi connectivity index (χ1v) is 13.9. The van der Waals surface area contributed by atoms with Crippen LogP contribution in [0.15, 0.2) is 30.6 Å². The number of carbonyl (C=O) groups is 2. The van der Waals surface area contributed by atoms with Crippen molar-refractivity contribution in [3.63, 3.8) is 0 Å². The van der Waals surface area contributed by atoms with Crippen LogP contribution < -0.4 is 5.32 Å². The minimum absolute atomic E-state index is 0.182. The summed E-state index contributed by atoms with van der Waals surface area (Å²) in [5.41, 5.74) is 2.85. The van der Waals surface area contributed by atoms with Crippen LogP contribution in [0, 0.1) is 6.92 Å². The quantitative estimate of drug-likeness (QED) is 0.474. The number of hydrogen-bond donors (Lipinski definition) is 1. The van der Waals surface area contributed by atoms with Crippen LogP contribution in [-0.2, 0) is 24.6 Å². The van der Waals surface area contributed by atoms with Crippen LogP contribution in [-0.4, -0.2) is 70.4 Å². The average molecular weight is 550 g/mol. The fourth-order valence-corrected chi connectivity index (χ4v) is 5.63. The number of pyridine rings is 2. The molecule has 1 atom stereocenters.